The molecule has 1 N–H and O–H groups in total. The summed E-state index contributed by atoms with van der Waals surface area (Å²) in [7, 11) is 0. The second kappa shape index (κ2) is 14.5. The Kier molecular flexibility index (Phi) is 10.6. The number of Topliss-reactive ketones (excluding diaryl/α,β-unsaturated/α-hetero) is 1. The quantitative estimate of drug-likeness (QED) is 0.145. The molecule has 41 heavy (non-hydrogen) atoms. The van der Waals surface area contributed by atoms with E-state index in [0.717, 1.165) is 37.2 Å². The zero-order valence-electron chi connectivity index (χ0n) is 24.2. The van der Waals surface area contributed by atoms with E-state index in [1.165, 1.54) is 0 Å². The highest BCUT2D eigenvalue weighted by molar-refractivity contribution is 6.46. The predicted molar refractivity (Wildman–Crippen MR) is 161 cm³/mol. The third-order valence-corrected chi connectivity index (χ3v) is 7.33. The standard InChI is InChI=1S/C34H40N2O5/c1-4-22-40-29-15-10-14-27(23-29)32(37)30-31(36(34(39)33(30)38)21-11-20-35(5-2)6-3)26-16-18-28(19-17-26)41-24-25-12-8-7-9-13-25/h7-10,12-19,23,31,37H,4-6,11,20-22,24H2,1-3H3/b32-30+. The van der Waals surface area contributed by atoms with Crippen LogP contribution in [0.1, 0.15) is 56.3 Å². The Morgan fingerprint density at radius 1 is 0.878 bits per heavy atom. The maximum Gasteiger partial charge on any atom is 0.295 e. The van der Waals surface area contributed by atoms with Gasteiger partial charge in [0, 0.05) is 12.1 Å². The van der Waals surface area contributed by atoms with E-state index in [4.69, 9.17) is 9.47 Å². The molecular weight excluding hydrogens is 516 g/mol. The molecule has 1 heterocycles. The molecule has 3 aromatic rings. The van der Waals surface area contributed by atoms with Gasteiger partial charge in [-0.05, 0) is 67.9 Å². The number of carbonyl (C=O) groups excluding carboxylic acids is 2. The summed E-state index contributed by atoms with van der Waals surface area (Å²) in [4.78, 5) is 30.7. The van der Waals surface area contributed by atoms with Crippen LogP contribution in [0.3, 0.4) is 0 Å². The lowest BCUT2D eigenvalue weighted by Crippen LogP contribution is -2.33. The maximum absolute atomic E-state index is 13.4. The van der Waals surface area contributed by atoms with Gasteiger partial charge in [0.2, 0.25) is 0 Å². The molecule has 1 unspecified atom stereocenters. The van der Waals surface area contributed by atoms with Gasteiger partial charge >= 0.3 is 0 Å². The number of hydrogen-bond acceptors (Lipinski definition) is 6. The molecule has 1 saturated heterocycles. The minimum absolute atomic E-state index is 0.0865. The fourth-order valence-corrected chi connectivity index (χ4v) is 5.06. The molecular formula is C34H40N2O5. The average molecular weight is 557 g/mol. The number of aliphatic hydroxyl groups is 1. The van der Waals surface area contributed by atoms with Crippen LogP contribution in [0.2, 0.25) is 0 Å². The number of amides is 1. The first kappa shape index (κ1) is 29.9. The van der Waals surface area contributed by atoms with E-state index < -0.39 is 17.7 Å². The Hall–Kier alpha value is -4.10. The Morgan fingerprint density at radius 2 is 1.61 bits per heavy atom. The van der Waals surface area contributed by atoms with Gasteiger partial charge in [-0.25, -0.2) is 0 Å². The van der Waals surface area contributed by atoms with Crippen molar-refractivity contribution in [3.63, 3.8) is 0 Å². The molecule has 0 spiro atoms. The Labute approximate surface area is 243 Å². The molecule has 1 aliphatic rings. The molecule has 0 aromatic heterocycles. The number of benzene rings is 3. The largest absolute Gasteiger partial charge is 0.507 e. The number of rotatable bonds is 14. The number of carbonyl (C=O) groups is 2. The molecule has 4 rings (SSSR count). The lowest BCUT2D eigenvalue weighted by atomic mass is 9.95. The van der Waals surface area contributed by atoms with Crippen LogP contribution in [0, 0.1) is 0 Å². The smallest absolute Gasteiger partial charge is 0.295 e. The Balaban J connectivity index is 1.66. The van der Waals surface area contributed by atoms with Crippen LogP contribution in [0.5, 0.6) is 11.5 Å². The lowest BCUT2D eigenvalue weighted by Gasteiger charge is -2.27. The van der Waals surface area contributed by atoms with E-state index >= 15 is 0 Å². The van der Waals surface area contributed by atoms with Crippen LogP contribution >= 0.6 is 0 Å². The Bertz CT molecular complexity index is 1330. The summed E-state index contributed by atoms with van der Waals surface area (Å²) in [6.45, 7) is 10.2. The summed E-state index contributed by atoms with van der Waals surface area (Å²) in [5.41, 5.74) is 2.32. The number of likely N-dealkylation sites (tertiary alicyclic amines) is 1. The second-order valence-electron chi connectivity index (χ2n) is 10.1. The van der Waals surface area contributed by atoms with E-state index in [1.54, 1.807) is 23.1 Å². The zero-order chi connectivity index (χ0) is 29.2. The summed E-state index contributed by atoms with van der Waals surface area (Å²) in [6.07, 6.45) is 1.56. The van der Waals surface area contributed by atoms with Crippen molar-refractivity contribution in [1.82, 2.24) is 9.80 Å². The van der Waals surface area contributed by atoms with Gasteiger partial charge in [-0.1, -0.05) is 75.4 Å². The average Bonchev–Trinajstić information content (AvgIpc) is 3.26. The summed E-state index contributed by atoms with van der Waals surface area (Å²) >= 11 is 0. The summed E-state index contributed by atoms with van der Waals surface area (Å²) in [5, 5.41) is 11.5. The molecule has 0 aliphatic carbocycles. The van der Waals surface area contributed by atoms with Crippen LogP contribution < -0.4 is 9.47 Å². The van der Waals surface area contributed by atoms with Gasteiger partial charge in [0.1, 0.15) is 23.9 Å². The first-order chi connectivity index (χ1) is 20.0. The highest BCUT2D eigenvalue weighted by Gasteiger charge is 2.45. The monoisotopic (exact) mass is 556 g/mol. The van der Waals surface area contributed by atoms with Crippen molar-refractivity contribution in [2.75, 3.05) is 32.8 Å². The summed E-state index contributed by atoms with van der Waals surface area (Å²) in [5.74, 6) is -0.206. The Morgan fingerprint density at radius 3 is 2.29 bits per heavy atom. The predicted octanol–water partition coefficient (Wildman–Crippen LogP) is 6.21. The molecule has 7 nitrogen and oxygen atoms in total. The molecule has 7 heteroatoms. The maximum atomic E-state index is 13.4. The van der Waals surface area contributed by atoms with E-state index in [9.17, 15) is 14.7 Å². The van der Waals surface area contributed by atoms with Crippen molar-refractivity contribution in [1.29, 1.82) is 0 Å². The molecule has 1 fully saturated rings. The summed E-state index contributed by atoms with van der Waals surface area (Å²) < 4.78 is 11.7. The van der Waals surface area contributed by atoms with E-state index in [1.807, 2.05) is 67.6 Å². The van der Waals surface area contributed by atoms with E-state index in [0.29, 0.717) is 43.2 Å². The minimum atomic E-state index is -0.713. The van der Waals surface area contributed by atoms with Crippen molar-refractivity contribution in [3.8, 4) is 11.5 Å². The molecule has 0 saturated carbocycles. The fourth-order valence-electron chi connectivity index (χ4n) is 5.06. The number of ether oxygens (including phenoxy) is 2. The van der Waals surface area contributed by atoms with Crippen molar-refractivity contribution < 1.29 is 24.2 Å². The molecule has 0 bridgehead atoms. The fraction of sp³-hybridized carbons (Fsp3) is 0.353. The normalized spacial score (nSPS) is 16.4. The van der Waals surface area contributed by atoms with Crippen molar-refractivity contribution in [3.05, 3.63) is 101 Å². The summed E-state index contributed by atoms with van der Waals surface area (Å²) in [6, 6.07) is 23.6. The van der Waals surface area contributed by atoms with Gasteiger partial charge in [-0.15, -0.1) is 0 Å². The van der Waals surface area contributed by atoms with Crippen LogP contribution in [-0.4, -0.2) is 59.4 Å². The highest BCUT2D eigenvalue weighted by Crippen LogP contribution is 2.40. The number of ketones is 1. The number of nitrogens with zero attached hydrogens (tertiary/aromatic N) is 2. The van der Waals surface area contributed by atoms with Crippen molar-refractivity contribution in [2.24, 2.45) is 0 Å². The van der Waals surface area contributed by atoms with Crippen molar-refractivity contribution in [2.45, 2.75) is 46.3 Å². The molecule has 3 aromatic carbocycles. The van der Waals surface area contributed by atoms with E-state index in [2.05, 4.69) is 18.7 Å². The molecule has 1 amide bonds. The van der Waals surface area contributed by atoms with Crippen LogP contribution in [0.25, 0.3) is 5.76 Å². The first-order valence-electron chi connectivity index (χ1n) is 14.5. The van der Waals surface area contributed by atoms with Gasteiger partial charge in [0.25, 0.3) is 11.7 Å². The topological polar surface area (TPSA) is 79.3 Å². The molecule has 1 atom stereocenters. The SMILES string of the molecule is CCCOc1cccc(/C(O)=C2\C(=O)C(=O)N(CCCN(CC)CC)C2c2ccc(OCc3ccccc3)cc2)c1. The van der Waals surface area contributed by atoms with Gasteiger partial charge in [0.15, 0.2) is 0 Å². The molecule has 216 valence electrons. The van der Waals surface area contributed by atoms with Gasteiger partial charge < -0.3 is 24.4 Å². The van der Waals surface area contributed by atoms with Gasteiger partial charge in [-0.3, -0.25) is 9.59 Å². The van der Waals surface area contributed by atoms with Crippen LogP contribution in [-0.2, 0) is 16.2 Å². The lowest BCUT2D eigenvalue weighted by molar-refractivity contribution is -0.140. The number of hydrogen-bond donors (Lipinski definition) is 1. The van der Waals surface area contributed by atoms with Crippen LogP contribution in [0.15, 0.2) is 84.4 Å². The van der Waals surface area contributed by atoms with Gasteiger partial charge in [0.05, 0.1) is 18.2 Å². The molecule has 1 aliphatic heterocycles. The van der Waals surface area contributed by atoms with Crippen LogP contribution in [0.4, 0.5) is 0 Å². The van der Waals surface area contributed by atoms with Crippen molar-refractivity contribution >= 4 is 17.4 Å². The zero-order valence-corrected chi connectivity index (χ0v) is 24.2. The first-order valence-corrected chi connectivity index (χ1v) is 14.5. The second-order valence-corrected chi connectivity index (χ2v) is 10.1. The third kappa shape index (κ3) is 7.35. The van der Waals surface area contributed by atoms with Gasteiger partial charge in [-0.2, -0.15) is 0 Å². The minimum Gasteiger partial charge on any atom is -0.507 e. The number of aliphatic hydroxyl groups excluding tert-OH is 1. The highest BCUT2D eigenvalue weighted by atomic mass is 16.5. The molecule has 0 radical (unpaired) electrons. The third-order valence-electron chi connectivity index (χ3n) is 7.33. The van der Waals surface area contributed by atoms with E-state index in [-0.39, 0.29) is 11.3 Å².